The monoisotopic (exact) mass is 468 g/mol. The van der Waals surface area contributed by atoms with Crippen LogP contribution in [0.4, 0.5) is 0 Å². The summed E-state index contributed by atoms with van der Waals surface area (Å²) in [5.74, 6) is -0.264. The number of rotatable bonds is 6. The van der Waals surface area contributed by atoms with E-state index in [0.29, 0.717) is 16.7 Å². The molecule has 0 aliphatic carbocycles. The number of nitrogens with zero attached hydrogens (tertiary/aromatic N) is 3. The molecule has 2 aromatic heterocycles. The van der Waals surface area contributed by atoms with Crippen LogP contribution < -0.4 is 5.32 Å². The Morgan fingerprint density at radius 1 is 1.22 bits per heavy atom. The molecule has 0 radical (unpaired) electrons. The van der Waals surface area contributed by atoms with E-state index in [2.05, 4.69) is 39.7 Å². The van der Waals surface area contributed by atoms with Crippen LogP contribution >= 0.6 is 23.8 Å². The Hall–Kier alpha value is -2.90. The van der Waals surface area contributed by atoms with Gasteiger partial charge in [-0.3, -0.25) is 9.78 Å². The number of ether oxygens (including phenoxy) is 1. The van der Waals surface area contributed by atoms with Gasteiger partial charge < -0.3 is 19.5 Å². The number of carbonyl (C=O) groups excluding carboxylic acids is 1. The molecule has 3 aromatic rings. The molecule has 3 heterocycles. The molecule has 8 heteroatoms. The summed E-state index contributed by atoms with van der Waals surface area (Å²) in [5, 5.41) is 4.73. The highest BCUT2D eigenvalue weighted by Gasteiger charge is 2.41. The number of nitrogens with one attached hydrogen (secondary N) is 1. The molecule has 32 heavy (non-hydrogen) atoms. The minimum Gasteiger partial charge on any atom is -0.469 e. The van der Waals surface area contributed by atoms with Gasteiger partial charge in [0.1, 0.15) is 0 Å². The van der Waals surface area contributed by atoms with Crippen LogP contribution in [0.2, 0.25) is 5.02 Å². The Morgan fingerprint density at radius 2 is 1.97 bits per heavy atom. The largest absolute Gasteiger partial charge is 0.469 e. The first kappa shape index (κ1) is 22.3. The summed E-state index contributed by atoms with van der Waals surface area (Å²) in [7, 11) is 1.40. The first-order chi connectivity index (χ1) is 15.4. The fourth-order valence-corrected chi connectivity index (χ4v) is 4.83. The van der Waals surface area contributed by atoms with Gasteiger partial charge in [-0.05, 0) is 74.1 Å². The third-order valence-corrected chi connectivity index (χ3v) is 6.46. The van der Waals surface area contributed by atoms with E-state index in [-0.39, 0.29) is 24.5 Å². The van der Waals surface area contributed by atoms with Crippen molar-refractivity contribution in [2.24, 2.45) is 0 Å². The summed E-state index contributed by atoms with van der Waals surface area (Å²) in [6.45, 7) is 4.64. The fourth-order valence-electron chi connectivity index (χ4n) is 4.37. The van der Waals surface area contributed by atoms with Crippen LogP contribution in [-0.4, -0.2) is 39.2 Å². The van der Waals surface area contributed by atoms with Crippen molar-refractivity contribution in [1.29, 1.82) is 0 Å². The summed E-state index contributed by atoms with van der Waals surface area (Å²) in [6.07, 6.45) is 2.03. The van der Waals surface area contributed by atoms with Gasteiger partial charge in [0.2, 0.25) is 0 Å². The highest BCUT2D eigenvalue weighted by Crippen LogP contribution is 2.41. The number of thiocarbonyl (C=S) groups is 1. The SMILES string of the molecule is COC(=O)CCN1C(=S)N[C@H](c2ccccn2)[C@@H]1c1cc(C)n(-c2ccc(Cl)cc2)c1C. The molecule has 6 nitrogen and oxygen atoms in total. The molecule has 0 unspecified atom stereocenters. The van der Waals surface area contributed by atoms with Crippen molar-refractivity contribution in [3.05, 3.63) is 82.4 Å². The van der Waals surface area contributed by atoms with Gasteiger partial charge in [0.05, 0.1) is 31.3 Å². The second-order valence-corrected chi connectivity index (χ2v) is 8.61. The van der Waals surface area contributed by atoms with Crippen LogP contribution in [0.1, 0.15) is 41.1 Å². The molecule has 1 N–H and O–H groups in total. The number of carbonyl (C=O) groups is 1. The highest BCUT2D eigenvalue weighted by atomic mass is 35.5. The van der Waals surface area contributed by atoms with Crippen molar-refractivity contribution < 1.29 is 9.53 Å². The smallest absolute Gasteiger partial charge is 0.307 e. The minimum atomic E-state index is -0.264. The van der Waals surface area contributed by atoms with Crippen molar-refractivity contribution in [1.82, 2.24) is 19.8 Å². The van der Waals surface area contributed by atoms with Gasteiger partial charge in [0, 0.05) is 34.8 Å². The number of halogens is 1. The average molecular weight is 469 g/mol. The number of pyridine rings is 1. The molecule has 1 fully saturated rings. The number of hydrogen-bond donors (Lipinski definition) is 1. The lowest BCUT2D eigenvalue weighted by molar-refractivity contribution is -0.140. The van der Waals surface area contributed by atoms with Crippen LogP contribution in [0.25, 0.3) is 5.69 Å². The fraction of sp³-hybridized carbons (Fsp3) is 0.292. The van der Waals surface area contributed by atoms with Crippen molar-refractivity contribution in [2.75, 3.05) is 13.7 Å². The van der Waals surface area contributed by atoms with Crippen molar-refractivity contribution in [3.8, 4) is 5.69 Å². The molecular weight excluding hydrogens is 444 g/mol. The highest BCUT2D eigenvalue weighted by molar-refractivity contribution is 7.80. The third-order valence-electron chi connectivity index (χ3n) is 5.86. The maximum absolute atomic E-state index is 11.9. The topological polar surface area (TPSA) is 59.4 Å². The van der Waals surface area contributed by atoms with E-state index < -0.39 is 0 Å². The molecule has 1 aliphatic rings. The molecule has 0 spiro atoms. The first-order valence-electron chi connectivity index (χ1n) is 10.4. The number of aromatic nitrogens is 2. The summed E-state index contributed by atoms with van der Waals surface area (Å²) >= 11 is 11.8. The summed E-state index contributed by atoms with van der Waals surface area (Å²) < 4.78 is 7.06. The summed E-state index contributed by atoms with van der Waals surface area (Å²) in [4.78, 5) is 18.5. The van der Waals surface area contributed by atoms with Gasteiger partial charge in [0.25, 0.3) is 0 Å². The molecule has 166 valence electrons. The Bertz CT molecular complexity index is 1130. The molecule has 4 rings (SSSR count). The summed E-state index contributed by atoms with van der Waals surface area (Å²) in [5.41, 5.74) is 5.28. The second kappa shape index (κ2) is 9.30. The number of hydrogen-bond acceptors (Lipinski definition) is 4. The number of esters is 1. The molecule has 0 bridgehead atoms. The number of methoxy groups -OCH3 is 1. The van der Waals surface area contributed by atoms with Crippen LogP contribution in [0.15, 0.2) is 54.7 Å². The van der Waals surface area contributed by atoms with Gasteiger partial charge in [-0.2, -0.15) is 0 Å². The summed E-state index contributed by atoms with van der Waals surface area (Å²) in [6, 6.07) is 15.6. The Balaban J connectivity index is 1.78. The number of benzene rings is 1. The van der Waals surface area contributed by atoms with Gasteiger partial charge >= 0.3 is 5.97 Å². The molecule has 0 amide bonds. The van der Waals surface area contributed by atoms with E-state index in [1.54, 1.807) is 6.20 Å². The van der Waals surface area contributed by atoms with E-state index in [1.807, 2.05) is 42.5 Å². The predicted octanol–water partition coefficient (Wildman–Crippen LogP) is 4.68. The van der Waals surface area contributed by atoms with E-state index in [0.717, 1.165) is 28.3 Å². The quantitative estimate of drug-likeness (QED) is 0.418. The lowest BCUT2D eigenvalue weighted by atomic mass is 9.96. The molecule has 1 aromatic carbocycles. The van der Waals surface area contributed by atoms with Gasteiger partial charge in [-0.1, -0.05) is 17.7 Å². The van der Waals surface area contributed by atoms with E-state index in [1.165, 1.54) is 7.11 Å². The minimum absolute atomic E-state index is 0.116. The van der Waals surface area contributed by atoms with E-state index in [4.69, 9.17) is 28.6 Å². The number of aryl methyl sites for hydroxylation is 1. The Labute approximate surface area is 198 Å². The molecule has 0 saturated carbocycles. The molecule has 2 atom stereocenters. The molecular formula is C24H25ClN4O2S. The Kier molecular flexibility index (Phi) is 6.48. The Morgan fingerprint density at radius 3 is 2.62 bits per heavy atom. The average Bonchev–Trinajstić information content (AvgIpc) is 3.28. The normalized spacial score (nSPS) is 18.0. The zero-order valence-corrected chi connectivity index (χ0v) is 19.8. The van der Waals surface area contributed by atoms with Gasteiger partial charge in [0.15, 0.2) is 5.11 Å². The van der Waals surface area contributed by atoms with Gasteiger partial charge in [-0.25, -0.2) is 0 Å². The van der Waals surface area contributed by atoms with Crippen LogP contribution in [0.5, 0.6) is 0 Å². The van der Waals surface area contributed by atoms with E-state index in [9.17, 15) is 4.79 Å². The van der Waals surface area contributed by atoms with Crippen molar-refractivity contribution in [2.45, 2.75) is 32.4 Å². The molecule has 1 saturated heterocycles. The van der Waals surface area contributed by atoms with Crippen molar-refractivity contribution in [3.63, 3.8) is 0 Å². The maximum atomic E-state index is 11.9. The van der Waals surface area contributed by atoms with Crippen LogP contribution in [-0.2, 0) is 9.53 Å². The van der Waals surface area contributed by atoms with Crippen molar-refractivity contribution >= 4 is 34.9 Å². The van der Waals surface area contributed by atoms with Gasteiger partial charge in [-0.15, -0.1) is 0 Å². The van der Waals surface area contributed by atoms with E-state index >= 15 is 0 Å². The lowest BCUT2D eigenvalue weighted by Gasteiger charge is -2.28. The predicted molar refractivity (Wildman–Crippen MR) is 129 cm³/mol. The molecule has 1 aliphatic heterocycles. The first-order valence-corrected chi connectivity index (χ1v) is 11.2. The third kappa shape index (κ3) is 4.23. The lowest BCUT2D eigenvalue weighted by Crippen LogP contribution is -2.32. The zero-order valence-electron chi connectivity index (χ0n) is 18.2. The maximum Gasteiger partial charge on any atom is 0.307 e. The zero-order chi connectivity index (χ0) is 22.8. The van der Waals surface area contributed by atoms with Crippen LogP contribution in [0, 0.1) is 13.8 Å². The second-order valence-electron chi connectivity index (χ2n) is 7.78. The van der Waals surface area contributed by atoms with Crippen LogP contribution in [0.3, 0.4) is 0 Å². The standard InChI is InChI=1S/C24H25ClN4O2S/c1-15-14-19(16(2)29(15)18-9-7-17(25)8-10-18)23-22(20-6-4-5-12-26-20)27-24(32)28(23)13-11-21(30)31-3/h4-10,12,14,22-23H,11,13H2,1-3H3,(H,27,32)/t22-,23+/m1/s1.